The summed E-state index contributed by atoms with van der Waals surface area (Å²) in [6.07, 6.45) is 0. The van der Waals surface area contributed by atoms with Gasteiger partial charge in [-0.1, -0.05) is 11.6 Å². The van der Waals surface area contributed by atoms with Gasteiger partial charge in [-0.25, -0.2) is 4.98 Å². The molecule has 0 aliphatic rings. The monoisotopic (exact) mass is 337 g/mol. The number of benzene rings is 1. The highest BCUT2D eigenvalue weighted by molar-refractivity contribution is 9.10. The second-order valence-corrected chi connectivity index (χ2v) is 5.23. The van der Waals surface area contributed by atoms with Crippen molar-refractivity contribution < 1.29 is 4.74 Å². The number of halogens is 2. The normalized spacial score (nSPS) is 10.9. The molecular formula is C13H9BrClN3O. The average Bonchev–Trinajstić information content (AvgIpc) is 2.80. The molecule has 3 aromatic rings. The van der Waals surface area contributed by atoms with Crippen LogP contribution in [0.3, 0.4) is 0 Å². The predicted octanol–water partition coefficient (Wildman–Crippen LogP) is 4.05. The summed E-state index contributed by atoms with van der Waals surface area (Å²) in [6.45, 7) is 0. The predicted molar refractivity (Wildman–Crippen MR) is 78.6 cm³/mol. The molecular weight excluding hydrogens is 330 g/mol. The second-order valence-electron chi connectivity index (χ2n) is 3.93. The molecule has 0 aliphatic carbocycles. The van der Waals surface area contributed by atoms with E-state index >= 15 is 0 Å². The zero-order valence-electron chi connectivity index (χ0n) is 9.95. The van der Waals surface area contributed by atoms with Crippen LogP contribution in [0.15, 0.2) is 34.8 Å². The molecule has 0 amide bonds. The van der Waals surface area contributed by atoms with Crippen molar-refractivity contribution in [2.24, 2.45) is 0 Å². The fraction of sp³-hybridized carbons (Fsp3) is 0.0769. The van der Waals surface area contributed by atoms with Crippen LogP contribution >= 0.6 is 27.5 Å². The number of ether oxygens (including phenoxy) is 1. The molecule has 0 radical (unpaired) electrons. The molecule has 0 aliphatic heterocycles. The quantitative estimate of drug-likeness (QED) is 0.767. The third-order valence-electron chi connectivity index (χ3n) is 2.72. The van der Waals surface area contributed by atoms with Crippen LogP contribution in [-0.4, -0.2) is 22.1 Å². The highest BCUT2D eigenvalue weighted by atomic mass is 79.9. The molecule has 1 aromatic carbocycles. The van der Waals surface area contributed by atoms with Crippen LogP contribution < -0.4 is 4.74 Å². The van der Waals surface area contributed by atoms with E-state index in [-0.39, 0.29) is 0 Å². The smallest absolute Gasteiger partial charge is 0.215 e. The number of pyridine rings is 1. The fourth-order valence-corrected chi connectivity index (χ4v) is 2.67. The minimum Gasteiger partial charge on any atom is -0.481 e. The first kappa shape index (κ1) is 12.4. The van der Waals surface area contributed by atoms with E-state index in [9.17, 15) is 0 Å². The van der Waals surface area contributed by atoms with Crippen LogP contribution in [0, 0.1) is 0 Å². The molecule has 3 rings (SSSR count). The van der Waals surface area contributed by atoms with Gasteiger partial charge in [0, 0.05) is 21.1 Å². The van der Waals surface area contributed by atoms with Gasteiger partial charge in [0.2, 0.25) is 5.88 Å². The first-order valence-electron chi connectivity index (χ1n) is 5.53. The summed E-state index contributed by atoms with van der Waals surface area (Å²) >= 11 is 9.41. The number of rotatable bonds is 2. The molecule has 0 unspecified atom stereocenters. The standard InChI is InChI=1S/C13H9BrClN3O/c1-19-11-5-4-10-13(17-11)18-12(16-10)8-3-2-7(15)6-9(8)14/h2-6H,1H3,(H,16,17,18). The number of methoxy groups -OCH3 is 1. The lowest BCUT2D eigenvalue weighted by Gasteiger charge is -2.00. The van der Waals surface area contributed by atoms with Crippen molar-refractivity contribution in [1.29, 1.82) is 0 Å². The summed E-state index contributed by atoms with van der Waals surface area (Å²) in [4.78, 5) is 12.0. The second kappa shape index (κ2) is 4.83. The zero-order chi connectivity index (χ0) is 13.4. The Balaban J connectivity index is 2.14. The maximum absolute atomic E-state index is 5.93. The molecule has 0 saturated carbocycles. The Kier molecular flexibility index (Phi) is 3.16. The minimum absolute atomic E-state index is 0.542. The van der Waals surface area contributed by atoms with Crippen LogP contribution in [-0.2, 0) is 0 Å². The van der Waals surface area contributed by atoms with E-state index in [0.29, 0.717) is 16.5 Å². The summed E-state index contributed by atoms with van der Waals surface area (Å²) in [5, 5.41) is 0.673. The highest BCUT2D eigenvalue weighted by Gasteiger charge is 2.10. The van der Waals surface area contributed by atoms with Crippen molar-refractivity contribution in [2.45, 2.75) is 0 Å². The Morgan fingerprint density at radius 3 is 2.79 bits per heavy atom. The van der Waals surface area contributed by atoms with Crippen molar-refractivity contribution in [2.75, 3.05) is 7.11 Å². The Morgan fingerprint density at radius 2 is 2.05 bits per heavy atom. The number of nitrogens with one attached hydrogen (secondary N) is 1. The first-order chi connectivity index (χ1) is 9.17. The fourth-order valence-electron chi connectivity index (χ4n) is 1.80. The van der Waals surface area contributed by atoms with Crippen molar-refractivity contribution >= 4 is 38.7 Å². The molecule has 96 valence electrons. The Morgan fingerprint density at radius 1 is 1.21 bits per heavy atom. The van der Waals surface area contributed by atoms with Gasteiger partial charge in [-0.3, -0.25) is 0 Å². The van der Waals surface area contributed by atoms with Gasteiger partial charge in [0.15, 0.2) is 5.65 Å². The van der Waals surface area contributed by atoms with E-state index in [1.54, 1.807) is 13.2 Å². The first-order valence-corrected chi connectivity index (χ1v) is 6.70. The molecule has 6 heteroatoms. The molecule has 0 saturated heterocycles. The molecule has 0 bridgehead atoms. The Bertz CT molecular complexity index is 757. The molecule has 19 heavy (non-hydrogen) atoms. The minimum atomic E-state index is 0.542. The number of hydrogen-bond donors (Lipinski definition) is 1. The third kappa shape index (κ3) is 2.31. The van der Waals surface area contributed by atoms with Crippen LogP contribution in [0.2, 0.25) is 5.02 Å². The number of nitrogens with zero attached hydrogens (tertiary/aromatic N) is 2. The maximum Gasteiger partial charge on any atom is 0.215 e. The van der Waals surface area contributed by atoms with E-state index < -0.39 is 0 Å². The number of H-pyrrole nitrogens is 1. The summed E-state index contributed by atoms with van der Waals surface area (Å²) in [6, 6.07) is 9.24. The van der Waals surface area contributed by atoms with Crippen molar-refractivity contribution in [3.05, 3.63) is 39.8 Å². The van der Waals surface area contributed by atoms with E-state index in [2.05, 4.69) is 30.9 Å². The third-order valence-corrected chi connectivity index (χ3v) is 3.61. The summed E-state index contributed by atoms with van der Waals surface area (Å²) in [5.74, 6) is 1.28. The molecule has 2 aromatic heterocycles. The molecule has 2 heterocycles. The lowest BCUT2D eigenvalue weighted by molar-refractivity contribution is 0.399. The highest BCUT2D eigenvalue weighted by Crippen LogP contribution is 2.30. The zero-order valence-corrected chi connectivity index (χ0v) is 12.3. The van der Waals surface area contributed by atoms with Gasteiger partial charge < -0.3 is 9.72 Å². The van der Waals surface area contributed by atoms with Crippen molar-refractivity contribution in [3.63, 3.8) is 0 Å². The average molecular weight is 339 g/mol. The van der Waals surface area contributed by atoms with Crippen molar-refractivity contribution in [1.82, 2.24) is 15.0 Å². The van der Waals surface area contributed by atoms with Gasteiger partial charge in [0.05, 0.1) is 12.6 Å². The number of hydrogen-bond acceptors (Lipinski definition) is 3. The van der Waals surface area contributed by atoms with Gasteiger partial charge in [0.25, 0.3) is 0 Å². The molecule has 0 spiro atoms. The summed E-state index contributed by atoms with van der Waals surface area (Å²) < 4.78 is 5.97. The number of fused-ring (bicyclic) bond motifs is 1. The maximum atomic E-state index is 5.93. The van der Waals surface area contributed by atoms with Crippen LogP contribution in [0.1, 0.15) is 0 Å². The van der Waals surface area contributed by atoms with Crippen LogP contribution in [0.4, 0.5) is 0 Å². The molecule has 0 fully saturated rings. The van der Waals surface area contributed by atoms with E-state index in [1.807, 2.05) is 24.3 Å². The number of aromatic nitrogens is 3. The van der Waals surface area contributed by atoms with E-state index in [4.69, 9.17) is 16.3 Å². The lowest BCUT2D eigenvalue weighted by Crippen LogP contribution is -1.86. The van der Waals surface area contributed by atoms with E-state index in [0.717, 1.165) is 21.4 Å². The Hall–Kier alpha value is -1.59. The van der Waals surface area contributed by atoms with Crippen LogP contribution in [0.5, 0.6) is 5.88 Å². The topological polar surface area (TPSA) is 50.8 Å². The van der Waals surface area contributed by atoms with Gasteiger partial charge in [-0.2, -0.15) is 4.98 Å². The summed E-state index contributed by atoms with van der Waals surface area (Å²) in [7, 11) is 1.58. The molecule has 0 atom stereocenters. The van der Waals surface area contributed by atoms with Gasteiger partial charge in [-0.15, -0.1) is 0 Å². The Labute approximate surface area is 122 Å². The van der Waals surface area contributed by atoms with Crippen molar-refractivity contribution in [3.8, 4) is 17.3 Å². The number of imidazole rings is 1. The lowest BCUT2D eigenvalue weighted by atomic mass is 10.2. The van der Waals surface area contributed by atoms with Gasteiger partial charge in [0.1, 0.15) is 5.82 Å². The van der Waals surface area contributed by atoms with E-state index in [1.165, 1.54) is 0 Å². The SMILES string of the molecule is COc1ccc2[nH]c(-c3ccc(Cl)cc3Br)nc2n1. The summed E-state index contributed by atoms with van der Waals surface area (Å²) in [5.41, 5.74) is 2.41. The molecule has 1 N–H and O–H groups in total. The largest absolute Gasteiger partial charge is 0.481 e. The number of aromatic amines is 1. The van der Waals surface area contributed by atoms with Gasteiger partial charge in [-0.05, 0) is 40.2 Å². The van der Waals surface area contributed by atoms with Crippen LogP contribution in [0.25, 0.3) is 22.6 Å². The van der Waals surface area contributed by atoms with Gasteiger partial charge >= 0.3 is 0 Å². The molecule has 4 nitrogen and oxygen atoms in total.